The van der Waals surface area contributed by atoms with Crippen molar-refractivity contribution in [2.75, 3.05) is 6.61 Å². The van der Waals surface area contributed by atoms with Crippen molar-refractivity contribution < 1.29 is 4.74 Å². The lowest BCUT2D eigenvalue weighted by molar-refractivity contribution is 0.340. The van der Waals surface area contributed by atoms with Crippen molar-refractivity contribution in [1.29, 1.82) is 0 Å². The molecule has 4 heteroatoms. The summed E-state index contributed by atoms with van der Waals surface area (Å²) in [4.78, 5) is 0. The fourth-order valence-electron chi connectivity index (χ4n) is 1.87. The zero-order valence-electron chi connectivity index (χ0n) is 10.6. The van der Waals surface area contributed by atoms with Gasteiger partial charge in [-0.3, -0.25) is 0 Å². The van der Waals surface area contributed by atoms with Crippen LogP contribution in [0.15, 0.2) is 46.9 Å². The second-order valence-corrected chi connectivity index (χ2v) is 5.44. The molecule has 100 valence electrons. The van der Waals surface area contributed by atoms with Crippen LogP contribution in [0.25, 0.3) is 0 Å². The molecular formula is C15H15BrClNO. The molecule has 1 atom stereocenters. The molecule has 19 heavy (non-hydrogen) atoms. The third kappa shape index (κ3) is 3.50. The number of rotatable bonds is 4. The Morgan fingerprint density at radius 1 is 1.21 bits per heavy atom. The van der Waals surface area contributed by atoms with E-state index in [1.165, 1.54) is 0 Å². The van der Waals surface area contributed by atoms with Crippen molar-refractivity contribution in [3.8, 4) is 5.75 Å². The summed E-state index contributed by atoms with van der Waals surface area (Å²) in [5.74, 6) is 0.855. The van der Waals surface area contributed by atoms with Gasteiger partial charge < -0.3 is 10.5 Å². The summed E-state index contributed by atoms with van der Waals surface area (Å²) in [6.45, 7) is 2.62. The molecule has 2 aromatic carbocycles. The summed E-state index contributed by atoms with van der Waals surface area (Å²) >= 11 is 9.43. The fraction of sp³-hybridized carbons (Fsp3) is 0.200. The standard InChI is InChI=1S/C15H15BrClNO/c1-2-19-12-6-3-10(4-7-12)15(18)13-8-5-11(17)9-14(13)16/h3-9,15H,2,18H2,1H3. The molecule has 2 aromatic rings. The first-order valence-electron chi connectivity index (χ1n) is 6.05. The summed E-state index contributed by atoms with van der Waals surface area (Å²) in [6.07, 6.45) is 0. The quantitative estimate of drug-likeness (QED) is 0.886. The van der Waals surface area contributed by atoms with E-state index in [1.807, 2.05) is 49.4 Å². The summed E-state index contributed by atoms with van der Waals surface area (Å²) in [5, 5.41) is 0.689. The van der Waals surface area contributed by atoms with Crippen LogP contribution in [-0.2, 0) is 0 Å². The van der Waals surface area contributed by atoms with E-state index in [-0.39, 0.29) is 6.04 Å². The molecule has 0 aliphatic heterocycles. The van der Waals surface area contributed by atoms with Gasteiger partial charge in [-0.2, -0.15) is 0 Å². The van der Waals surface area contributed by atoms with Gasteiger partial charge >= 0.3 is 0 Å². The predicted molar refractivity (Wildman–Crippen MR) is 82.8 cm³/mol. The van der Waals surface area contributed by atoms with Crippen LogP contribution in [0.2, 0.25) is 5.02 Å². The molecule has 0 radical (unpaired) electrons. The van der Waals surface area contributed by atoms with Gasteiger partial charge in [0.15, 0.2) is 0 Å². The third-order valence-corrected chi connectivity index (χ3v) is 3.77. The first kappa shape index (κ1) is 14.4. The van der Waals surface area contributed by atoms with Gasteiger partial charge in [0.2, 0.25) is 0 Å². The van der Waals surface area contributed by atoms with Gasteiger partial charge in [0.05, 0.1) is 12.6 Å². The fourth-order valence-corrected chi connectivity index (χ4v) is 2.80. The molecule has 2 rings (SSSR count). The van der Waals surface area contributed by atoms with Crippen LogP contribution in [0.3, 0.4) is 0 Å². The van der Waals surface area contributed by atoms with E-state index in [0.29, 0.717) is 11.6 Å². The van der Waals surface area contributed by atoms with E-state index in [2.05, 4.69) is 15.9 Å². The van der Waals surface area contributed by atoms with Gasteiger partial charge in [-0.1, -0.05) is 45.7 Å². The highest BCUT2D eigenvalue weighted by atomic mass is 79.9. The predicted octanol–water partition coefficient (Wildman–Crippen LogP) is 4.55. The molecule has 2 nitrogen and oxygen atoms in total. The van der Waals surface area contributed by atoms with Gasteiger partial charge in [0.1, 0.15) is 5.75 Å². The number of halogens is 2. The van der Waals surface area contributed by atoms with Crippen LogP contribution in [0.4, 0.5) is 0 Å². The Labute approximate surface area is 126 Å². The SMILES string of the molecule is CCOc1ccc(C(N)c2ccc(Cl)cc2Br)cc1. The molecule has 2 N–H and O–H groups in total. The number of hydrogen-bond donors (Lipinski definition) is 1. The van der Waals surface area contributed by atoms with E-state index in [1.54, 1.807) is 0 Å². The summed E-state index contributed by atoms with van der Waals surface area (Å²) in [5.41, 5.74) is 8.32. The van der Waals surface area contributed by atoms with Crippen LogP contribution < -0.4 is 10.5 Å². The van der Waals surface area contributed by atoms with E-state index >= 15 is 0 Å². The number of nitrogens with two attached hydrogens (primary N) is 1. The van der Waals surface area contributed by atoms with Crippen LogP contribution in [0, 0.1) is 0 Å². The van der Waals surface area contributed by atoms with Crippen molar-refractivity contribution >= 4 is 27.5 Å². The topological polar surface area (TPSA) is 35.2 Å². The van der Waals surface area contributed by atoms with Crippen molar-refractivity contribution in [3.63, 3.8) is 0 Å². The molecular weight excluding hydrogens is 326 g/mol. The maximum absolute atomic E-state index is 6.28. The highest BCUT2D eigenvalue weighted by Crippen LogP contribution is 2.29. The monoisotopic (exact) mass is 339 g/mol. The molecule has 0 bridgehead atoms. The Kier molecular flexibility index (Phi) is 4.86. The van der Waals surface area contributed by atoms with Crippen molar-refractivity contribution in [2.24, 2.45) is 5.73 Å². The Hall–Kier alpha value is -1.03. The summed E-state index contributed by atoms with van der Waals surface area (Å²) < 4.78 is 6.34. The normalized spacial score (nSPS) is 12.2. The van der Waals surface area contributed by atoms with Gasteiger partial charge in [-0.15, -0.1) is 0 Å². The van der Waals surface area contributed by atoms with Crippen molar-refractivity contribution in [1.82, 2.24) is 0 Å². The highest BCUT2D eigenvalue weighted by Gasteiger charge is 2.12. The molecule has 0 saturated carbocycles. The summed E-state index contributed by atoms with van der Waals surface area (Å²) in [6, 6.07) is 13.3. The molecule has 0 fully saturated rings. The maximum atomic E-state index is 6.28. The van der Waals surface area contributed by atoms with Gasteiger partial charge in [0.25, 0.3) is 0 Å². The molecule has 0 saturated heterocycles. The molecule has 0 aliphatic rings. The van der Waals surface area contributed by atoms with E-state index in [0.717, 1.165) is 21.3 Å². The Morgan fingerprint density at radius 2 is 1.89 bits per heavy atom. The van der Waals surface area contributed by atoms with Crippen LogP contribution in [0.1, 0.15) is 24.1 Å². The van der Waals surface area contributed by atoms with E-state index in [4.69, 9.17) is 22.1 Å². The van der Waals surface area contributed by atoms with Crippen LogP contribution >= 0.6 is 27.5 Å². The first-order chi connectivity index (χ1) is 9.11. The van der Waals surface area contributed by atoms with Crippen molar-refractivity contribution in [2.45, 2.75) is 13.0 Å². The molecule has 0 spiro atoms. The summed E-state index contributed by atoms with van der Waals surface area (Å²) in [7, 11) is 0. The zero-order chi connectivity index (χ0) is 13.8. The highest BCUT2D eigenvalue weighted by molar-refractivity contribution is 9.10. The van der Waals surface area contributed by atoms with Crippen LogP contribution in [0.5, 0.6) is 5.75 Å². The second-order valence-electron chi connectivity index (χ2n) is 4.15. The first-order valence-corrected chi connectivity index (χ1v) is 7.22. The lowest BCUT2D eigenvalue weighted by Crippen LogP contribution is -2.12. The van der Waals surface area contributed by atoms with Crippen LogP contribution in [-0.4, -0.2) is 6.61 Å². The average Bonchev–Trinajstić information content (AvgIpc) is 2.39. The number of benzene rings is 2. The molecule has 1 unspecified atom stereocenters. The van der Waals surface area contributed by atoms with E-state index < -0.39 is 0 Å². The smallest absolute Gasteiger partial charge is 0.119 e. The Bertz CT molecular complexity index is 557. The minimum Gasteiger partial charge on any atom is -0.494 e. The average molecular weight is 341 g/mol. The molecule has 0 aromatic heterocycles. The maximum Gasteiger partial charge on any atom is 0.119 e. The zero-order valence-corrected chi connectivity index (χ0v) is 12.9. The Balaban J connectivity index is 2.25. The number of ether oxygens (including phenoxy) is 1. The van der Waals surface area contributed by atoms with E-state index in [9.17, 15) is 0 Å². The van der Waals surface area contributed by atoms with Gasteiger partial charge in [-0.25, -0.2) is 0 Å². The lowest BCUT2D eigenvalue weighted by atomic mass is 10.00. The second kappa shape index (κ2) is 6.42. The minimum atomic E-state index is -0.192. The lowest BCUT2D eigenvalue weighted by Gasteiger charge is -2.15. The number of hydrogen-bond acceptors (Lipinski definition) is 2. The molecule has 0 aliphatic carbocycles. The van der Waals surface area contributed by atoms with Gasteiger partial charge in [-0.05, 0) is 42.3 Å². The third-order valence-electron chi connectivity index (χ3n) is 2.85. The molecule has 0 amide bonds. The minimum absolute atomic E-state index is 0.192. The largest absolute Gasteiger partial charge is 0.494 e. The molecule has 0 heterocycles. The van der Waals surface area contributed by atoms with Crippen molar-refractivity contribution in [3.05, 3.63) is 63.1 Å². The van der Waals surface area contributed by atoms with Gasteiger partial charge in [0, 0.05) is 9.50 Å². The Morgan fingerprint density at radius 3 is 2.47 bits per heavy atom.